The van der Waals surface area contributed by atoms with Crippen molar-refractivity contribution in [3.8, 4) is 0 Å². The average Bonchev–Trinajstić information content (AvgIpc) is 2.46. The van der Waals surface area contributed by atoms with Crippen LogP contribution in [0.3, 0.4) is 0 Å². The largest absolute Gasteiger partial charge is 0.767 e. The summed E-state index contributed by atoms with van der Waals surface area (Å²) < 4.78 is 22.1. The van der Waals surface area contributed by atoms with Gasteiger partial charge in [0.25, 0.3) is 0 Å². The van der Waals surface area contributed by atoms with Crippen LogP contribution in [-0.2, 0) is 11.1 Å². The second-order valence-corrected chi connectivity index (χ2v) is 4.11. The highest BCUT2D eigenvalue weighted by Crippen LogP contribution is 2.20. The minimum atomic E-state index is -2.31. The lowest BCUT2D eigenvalue weighted by Crippen LogP contribution is -1.89. The molecule has 68 valence electrons. The van der Waals surface area contributed by atoms with E-state index in [2.05, 4.69) is 31.1 Å². The predicted octanol–water partition coefficient (Wildman–Crippen LogP) is 0.958. The van der Waals surface area contributed by atoms with Crippen LogP contribution in [0.2, 0.25) is 0 Å². The topological polar surface area (TPSA) is 81.7 Å². The molecule has 13 heavy (non-hydrogen) atoms. The second kappa shape index (κ2) is 3.17. The van der Waals surface area contributed by atoms with Crippen LogP contribution in [0.4, 0.5) is 0 Å². The predicted molar refractivity (Wildman–Crippen MR) is 48.8 cm³/mol. The first-order valence-electron chi connectivity index (χ1n) is 3.27. The summed E-state index contributed by atoms with van der Waals surface area (Å²) in [5, 5.41) is 6.67. The van der Waals surface area contributed by atoms with E-state index < -0.39 is 11.1 Å². The Hall–Kier alpha value is -0.790. The highest BCUT2D eigenvalue weighted by molar-refractivity contribution is 9.10. The van der Waals surface area contributed by atoms with Gasteiger partial charge in [0.15, 0.2) is 5.65 Å². The van der Waals surface area contributed by atoms with Crippen molar-refractivity contribution in [3.63, 3.8) is 0 Å². The van der Waals surface area contributed by atoms with E-state index >= 15 is 0 Å². The SMILES string of the molecule is O=S([O-])c1[nH]nc2ncc(Br)cc12. The fourth-order valence-corrected chi connectivity index (χ4v) is 1.76. The normalized spacial score (nSPS) is 13.4. The van der Waals surface area contributed by atoms with Gasteiger partial charge in [-0.2, -0.15) is 5.10 Å². The average molecular weight is 261 g/mol. The van der Waals surface area contributed by atoms with Gasteiger partial charge in [0, 0.05) is 10.7 Å². The Morgan fingerprint density at radius 3 is 3.08 bits per heavy atom. The number of nitrogens with zero attached hydrogens (tertiary/aromatic N) is 2. The van der Waals surface area contributed by atoms with Crippen LogP contribution < -0.4 is 0 Å². The molecule has 0 spiro atoms. The summed E-state index contributed by atoms with van der Waals surface area (Å²) in [5.41, 5.74) is 0.391. The molecule has 2 heterocycles. The molecule has 1 N–H and O–H groups in total. The molecular formula is C6H3BrN3O2S-. The summed E-state index contributed by atoms with van der Waals surface area (Å²) in [6, 6.07) is 1.65. The summed E-state index contributed by atoms with van der Waals surface area (Å²) in [4.78, 5) is 3.92. The van der Waals surface area contributed by atoms with Gasteiger partial charge in [-0.25, -0.2) is 4.98 Å². The van der Waals surface area contributed by atoms with Gasteiger partial charge in [0.05, 0.1) is 5.39 Å². The zero-order chi connectivity index (χ0) is 9.42. The van der Waals surface area contributed by atoms with Gasteiger partial charge in [-0.15, -0.1) is 0 Å². The van der Waals surface area contributed by atoms with E-state index in [4.69, 9.17) is 0 Å². The molecule has 1 atom stereocenters. The summed E-state index contributed by atoms with van der Waals surface area (Å²) in [7, 11) is 0. The zero-order valence-corrected chi connectivity index (χ0v) is 8.55. The van der Waals surface area contributed by atoms with Crippen molar-refractivity contribution >= 4 is 38.0 Å². The van der Waals surface area contributed by atoms with Gasteiger partial charge < -0.3 is 4.55 Å². The highest BCUT2D eigenvalue weighted by atomic mass is 79.9. The van der Waals surface area contributed by atoms with Crippen molar-refractivity contribution in [2.24, 2.45) is 0 Å². The standard InChI is InChI=1S/C6H4BrN3O2S/c7-3-1-4-5(8-2-3)9-10-6(4)13(11)12/h1-2H,(H,11,12)(H,8,9,10)/p-1. The summed E-state index contributed by atoms with van der Waals surface area (Å²) in [5.74, 6) is 0. The van der Waals surface area contributed by atoms with E-state index in [0.29, 0.717) is 15.5 Å². The number of H-pyrrole nitrogens is 1. The molecule has 5 nitrogen and oxygen atoms in total. The van der Waals surface area contributed by atoms with Crippen LogP contribution in [0.1, 0.15) is 0 Å². The number of fused-ring (bicyclic) bond motifs is 1. The molecule has 0 radical (unpaired) electrons. The van der Waals surface area contributed by atoms with Gasteiger partial charge >= 0.3 is 0 Å². The minimum absolute atomic E-state index is 0.0591. The fraction of sp³-hybridized carbons (Fsp3) is 0. The van der Waals surface area contributed by atoms with Crippen LogP contribution >= 0.6 is 15.9 Å². The quantitative estimate of drug-likeness (QED) is 0.775. The zero-order valence-electron chi connectivity index (χ0n) is 6.15. The number of nitrogens with one attached hydrogen (secondary N) is 1. The molecule has 2 rings (SSSR count). The van der Waals surface area contributed by atoms with E-state index in [-0.39, 0.29) is 5.03 Å². The van der Waals surface area contributed by atoms with E-state index in [1.165, 1.54) is 0 Å². The van der Waals surface area contributed by atoms with Crippen LogP contribution in [-0.4, -0.2) is 23.9 Å². The first-order chi connectivity index (χ1) is 6.18. The maximum Gasteiger partial charge on any atom is 0.182 e. The van der Waals surface area contributed by atoms with Crippen LogP contribution in [0.15, 0.2) is 21.8 Å². The van der Waals surface area contributed by atoms with Crippen molar-refractivity contribution in [1.29, 1.82) is 0 Å². The molecule has 0 saturated heterocycles. The molecule has 0 amide bonds. The fourth-order valence-electron chi connectivity index (χ4n) is 0.979. The minimum Gasteiger partial charge on any atom is -0.767 e. The lowest BCUT2D eigenvalue weighted by Gasteiger charge is -2.00. The van der Waals surface area contributed by atoms with E-state index in [1.54, 1.807) is 12.3 Å². The third kappa shape index (κ3) is 1.50. The molecule has 0 bridgehead atoms. The Kier molecular flexibility index (Phi) is 2.14. The number of rotatable bonds is 1. The van der Waals surface area contributed by atoms with Crippen LogP contribution in [0.25, 0.3) is 11.0 Å². The number of pyridine rings is 1. The molecule has 0 fully saturated rings. The number of hydrogen-bond acceptors (Lipinski definition) is 4. The van der Waals surface area contributed by atoms with Gasteiger partial charge in [0.1, 0.15) is 5.03 Å². The lowest BCUT2D eigenvalue weighted by atomic mass is 10.4. The molecule has 0 saturated carbocycles. The van der Waals surface area contributed by atoms with Gasteiger partial charge in [0.2, 0.25) is 0 Å². The molecule has 0 aliphatic carbocycles. The molecule has 7 heteroatoms. The van der Waals surface area contributed by atoms with E-state index in [9.17, 15) is 8.76 Å². The van der Waals surface area contributed by atoms with E-state index in [0.717, 1.165) is 0 Å². The number of aromatic nitrogens is 3. The van der Waals surface area contributed by atoms with Crippen molar-refractivity contribution < 1.29 is 8.76 Å². The van der Waals surface area contributed by atoms with E-state index in [1.807, 2.05) is 0 Å². The highest BCUT2D eigenvalue weighted by Gasteiger charge is 2.06. The Morgan fingerprint density at radius 1 is 1.62 bits per heavy atom. The maximum absolute atomic E-state index is 10.7. The third-order valence-electron chi connectivity index (χ3n) is 1.51. The molecule has 2 aromatic rings. The Balaban J connectivity index is 2.79. The van der Waals surface area contributed by atoms with Crippen molar-refractivity contribution in [2.75, 3.05) is 0 Å². The van der Waals surface area contributed by atoms with Gasteiger partial charge in [-0.1, -0.05) is 0 Å². The van der Waals surface area contributed by atoms with Gasteiger partial charge in [-0.3, -0.25) is 9.31 Å². The van der Waals surface area contributed by atoms with Crippen molar-refractivity contribution in [2.45, 2.75) is 5.03 Å². The number of hydrogen-bond donors (Lipinski definition) is 1. The van der Waals surface area contributed by atoms with Gasteiger partial charge in [-0.05, 0) is 33.1 Å². The monoisotopic (exact) mass is 260 g/mol. The smallest absolute Gasteiger partial charge is 0.182 e. The Labute approximate surface area is 84.0 Å². The molecular weight excluding hydrogens is 258 g/mol. The first-order valence-corrected chi connectivity index (χ1v) is 5.14. The second-order valence-electron chi connectivity index (χ2n) is 2.31. The van der Waals surface area contributed by atoms with Crippen LogP contribution in [0, 0.1) is 0 Å². The van der Waals surface area contributed by atoms with Crippen molar-refractivity contribution in [3.05, 3.63) is 16.7 Å². The first kappa shape index (κ1) is 8.79. The Morgan fingerprint density at radius 2 is 2.38 bits per heavy atom. The molecule has 0 aliphatic rings. The summed E-state index contributed by atoms with van der Waals surface area (Å²) >= 11 is 0.886. The molecule has 0 aromatic carbocycles. The lowest BCUT2D eigenvalue weighted by molar-refractivity contribution is 0.534. The maximum atomic E-state index is 10.7. The molecule has 2 aromatic heterocycles. The third-order valence-corrected chi connectivity index (χ3v) is 2.59. The summed E-state index contributed by atoms with van der Waals surface area (Å²) in [6.07, 6.45) is 1.56. The van der Waals surface area contributed by atoms with Crippen LogP contribution in [0.5, 0.6) is 0 Å². The molecule has 1 unspecified atom stereocenters. The van der Waals surface area contributed by atoms with Crippen molar-refractivity contribution in [1.82, 2.24) is 15.2 Å². The number of aromatic amines is 1. The Bertz CT molecular complexity index is 484. The summed E-state index contributed by atoms with van der Waals surface area (Å²) in [6.45, 7) is 0. The number of halogens is 1. The molecule has 0 aliphatic heterocycles.